The Morgan fingerprint density at radius 1 is 1.03 bits per heavy atom. The highest BCUT2D eigenvalue weighted by molar-refractivity contribution is 6.42. The monoisotopic (exact) mass is 464 g/mol. The number of benzene rings is 2. The Labute approximate surface area is 194 Å². The van der Waals surface area contributed by atoms with Crippen molar-refractivity contribution in [3.63, 3.8) is 0 Å². The van der Waals surface area contributed by atoms with Crippen LogP contribution in [-0.2, 0) is 22.6 Å². The molecule has 2 rings (SSSR count). The number of nitrogens with one attached hydrogen (secondary N) is 1. The van der Waals surface area contributed by atoms with E-state index in [1.807, 2.05) is 24.3 Å². The molecule has 1 atom stereocenters. The second kappa shape index (κ2) is 12.6. The van der Waals surface area contributed by atoms with Crippen LogP contribution in [0.5, 0.6) is 5.75 Å². The second-order valence-electron chi connectivity index (χ2n) is 7.38. The van der Waals surface area contributed by atoms with Gasteiger partial charge in [-0.2, -0.15) is 0 Å². The number of carbonyl (C=O) groups is 2. The first-order chi connectivity index (χ1) is 14.8. The number of nitrogens with zero attached hydrogens (tertiary/aromatic N) is 1. The molecule has 2 aromatic carbocycles. The third-order valence-corrected chi connectivity index (χ3v) is 5.77. The molecule has 0 radical (unpaired) electrons. The van der Waals surface area contributed by atoms with Crippen molar-refractivity contribution in [1.29, 1.82) is 0 Å². The summed E-state index contributed by atoms with van der Waals surface area (Å²) >= 11 is 12.1. The van der Waals surface area contributed by atoms with E-state index in [2.05, 4.69) is 19.2 Å². The minimum Gasteiger partial charge on any atom is -0.484 e. The molecule has 0 spiro atoms. The topological polar surface area (TPSA) is 58.6 Å². The molecular formula is C24H30Cl2N2O3. The summed E-state index contributed by atoms with van der Waals surface area (Å²) < 4.78 is 5.69. The summed E-state index contributed by atoms with van der Waals surface area (Å²) in [4.78, 5) is 27.2. The van der Waals surface area contributed by atoms with Crippen LogP contribution in [0, 0.1) is 0 Å². The van der Waals surface area contributed by atoms with E-state index in [1.54, 1.807) is 25.1 Å². The fourth-order valence-electron chi connectivity index (χ4n) is 3.00. The molecule has 1 N–H and O–H groups in total. The lowest BCUT2D eigenvalue weighted by Gasteiger charge is -2.29. The van der Waals surface area contributed by atoms with Crippen LogP contribution in [0.25, 0.3) is 0 Å². The van der Waals surface area contributed by atoms with Gasteiger partial charge in [0, 0.05) is 13.1 Å². The van der Waals surface area contributed by atoms with Crippen molar-refractivity contribution in [2.75, 3.05) is 13.2 Å². The van der Waals surface area contributed by atoms with Crippen LogP contribution >= 0.6 is 23.2 Å². The van der Waals surface area contributed by atoms with E-state index >= 15 is 0 Å². The summed E-state index contributed by atoms with van der Waals surface area (Å²) in [5, 5.41) is 3.73. The lowest BCUT2D eigenvalue weighted by Crippen LogP contribution is -2.49. The molecule has 2 amide bonds. The summed E-state index contributed by atoms with van der Waals surface area (Å²) in [6.45, 7) is 6.48. The van der Waals surface area contributed by atoms with Gasteiger partial charge in [0.05, 0.1) is 10.0 Å². The van der Waals surface area contributed by atoms with E-state index in [1.165, 1.54) is 10.5 Å². The van der Waals surface area contributed by atoms with Crippen LogP contribution in [0.4, 0.5) is 0 Å². The van der Waals surface area contributed by atoms with Gasteiger partial charge < -0.3 is 15.0 Å². The van der Waals surface area contributed by atoms with Crippen molar-refractivity contribution >= 4 is 35.0 Å². The van der Waals surface area contributed by atoms with Crippen LogP contribution < -0.4 is 10.1 Å². The van der Waals surface area contributed by atoms with Crippen LogP contribution in [0.15, 0.2) is 42.5 Å². The van der Waals surface area contributed by atoms with Gasteiger partial charge in [-0.3, -0.25) is 9.59 Å². The maximum Gasteiger partial charge on any atom is 0.261 e. The fourth-order valence-corrected chi connectivity index (χ4v) is 3.32. The van der Waals surface area contributed by atoms with Crippen molar-refractivity contribution < 1.29 is 14.3 Å². The number of carbonyl (C=O) groups excluding carboxylic acids is 2. The Morgan fingerprint density at radius 3 is 2.32 bits per heavy atom. The molecule has 7 heteroatoms. The maximum atomic E-state index is 13.0. The predicted molar refractivity (Wildman–Crippen MR) is 126 cm³/mol. The van der Waals surface area contributed by atoms with Gasteiger partial charge in [-0.1, -0.05) is 61.7 Å². The highest BCUT2D eigenvalue weighted by Gasteiger charge is 2.26. The average molecular weight is 465 g/mol. The molecule has 0 aromatic heterocycles. The number of rotatable bonds is 11. The Balaban J connectivity index is 2.12. The zero-order chi connectivity index (χ0) is 22.8. The van der Waals surface area contributed by atoms with Gasteiger partial charge in [-0.15, -0.1) is 0 Å². The predicted octanol–water partition coefficient (Wildman–Crippen LogP) is 5.27. The van der Waals surface area contributed by atoms with Gasteiger partial charge in [0.15, 0.2) is 6.61 Å². The molecule has 31 heavy (non-hydrogen) atoms. The number of aryl methyl sites for hydroxylation is 1. The van der Waals surface area contributed by atoms with Gasteiger partial charge in [0.1, 0.15) is 11.8 Å². The van der Waals surface area contributed by atoms with Crippen molar-refractivity contribution in [2.24, 2.45) is 0 Å². The molecule has 2 aromatic rings. The van der Waals surface area contributed by atoms with E-state index in [-0.39, 0.29) is 25.0 Å². The second-order valence-corrected chi connectivity index (χ2v) is 8.19. The zero-order valence-electron chi connectivity index (χ0n) is 18.3. The standard InChI is InChI=1S/C24H30Cl2N2O3/c1-4-6-13-27-24(30)17(3)28(15-19-9-12-21(25)22(26)14-19)23(29)16-31-20-10-7-18(5-2)8-11-20/h7-12,14,17H,4-6,13,15-16H2,1-3H3,(H,27,30)/t17-/m0/s1. The highest BCUT2D eigenvalue weighted by Crippen LogP contribution is 2.24. The summed E-state index contributed by atoms with van der Waals surface area (Å²) in [6.07, 6.45) is 2.79. The molecule has 0 unspecified atom stereocenters. The summed E-state index contributed by atoms with van der Waals surface area (Å²) in [6, 6.07) is 12.1. The van der Waals surface area contributed by atoms with Crippen molar-refractivity contribution in [1.82, 2.24) is 10.2 Å². The van der Waals surface area contributed by atoms with Crippen LogP contribution in [0.2, 0.25) is 10.0 Å². The average Bonchev–Trinajstić information content (AvgIpc) is 2.78. The first-order valence-electron chi connectivity index (χ1n) is 10.6. The number of hydrogen-bond acceptors (Lipinski definition) is 3. The normalized spacial score (nSPS) is 11.6. The van der Waals surface area contributed by atoms with E-state index in [0.29, 0.717) is 22.3 Å². The first kappa shape index (κ1) is 25.0. The third kappa shape index (κ3) is 7.75. The number of unbranched alkanes of at least 4 members (excludes halogenated alkanes) is 1. The first-order valence-corrected chi connectivity index (χ1v) is 11.3. The molecule has 0 aliphatic heterocycles. The fraction of sp³-hybridized carbons (Fsp3) is 0.417. The molecule has 168 valence electrons. The summed E-state index contributed by atoms with van der Waals surface area (Å²) in [7, 11) is 0. The zero-order valence-corrected chi connectivity index (χ0v) is 19.8. The number of halogens is 2. The highest BCUT2D eigenvalue weighted by atomic mass is 35.5. The third-order valence-electron chi connectivity index (χ3n) is 5.03. The summed E-state index contributed by atoms with van der Waals surface area (Å²) in [5.74, 6) is 0.123. The molecule has 0 heterocycles. The van der Waals surface area contributed by atoms with E-state index in [9.17, 15) is 9.59 Å². The molecule has 0 fully saturated rings. The lowest BCUT2D eigenvalue weighted by molar-refractivity contribution is -0.142. The SMILES string of the molecule is CCCCNC(=O)[C@H](C)N(Cc1ccc(Cl)c(Cl)c1)C(=O)COc1ccc(CC)cc1. The molecule has 0 saturated heterocycles. The molecule has 0 aliphatic rings. The Hall–Kier alpha value is -2.24. The van der Waals surface area contributed by atoms with Crippen LogP contribution in [0.3, 0.4) is 0 Å². The quantitative estimate of drug-likeness (QED) is 0.460. The van der Waals surface area contributed by atoms with Gasteiger partial charge in [-0.05, 0) is 55.2 Å². The van der Waals surface area contributed by atoms with E-state index < -0.39 is 6.04 Å². The van der Waals surface area contributed by atoms with Crippen molar-refractivity contribution in [3.8, 4) is 5.75 Å². The van der Waals surface area contributed by atoms with Crippen molar-refractivity contribution in [2.45, 2.75) is 52.6 Å². The van der Waals surface area contributed by atoms with E-state index in [4.69, 9.17) is 27.9 Å². The van der Waals surface area contributed by atoms with Gasteiger partial charge in [0.2, 0.25) is 5.91 Å². The number of amides is 2. The largest absolute Gasteiger partial charge is 0.484 e. The molecular weight excluding hydrogens is 435 g/mol. The maximum absolute atomic E-state index is 13.0. The Morgan fingerprint density at radius 2 is 1.71 bits per heavy atom. The minimum absolute atomic E-state index is 0.167. The molecule has 5 nitrogen and oxygen atoms in total. The van der Waals surface area contributed by atoms with E-state index in [0.717, 1.165) is 24.8 Å². The van der Waals surface area contributed by atoms with Gasteiger partial charge >= 0.3 is 0 Å². The summed E-state index contributed by atoms with van der Waals surface area (Å²) in [5.41, 5.74) is 1.97. The van der Waals surface area contributed by atoms with Crippen LogP contribution in [0.1, 0.15) is 44.7 Å². The van der Waals surface area contributed by atoms with Gasteiger partial charge in [-0.25, -0.2) is 0 Å². The molecule has 0 saturated carbocycles. The molecule has 0 aliphatic carbocycles. The number of ether oxygens (including phenoxy) is 1. The lowest BCUT2D eigenvalue weighted by atomic mass is 10.1. The smallest absolute Gasteiger partial charge is 0.261 e. The molecule has 0 bridgehead atoms. The Kier molecular flexibility index (Phi) is 10.2. The van der Waals surface area contributed by atoms with Crippen LogP contribution in [-0.4, -0.2) is 35.9 Å². The van der Waals surface area contributed by atoms with Gasteiger partial charge in [0.25, 0.3) is 5.91 Å². The van der Waals surface area contributed by atoms with Crippen molar-refractivity contribution in [3.05, 3.63) is 63.6 Å². The number of hydrogen-bond donors (Lipinski definition) is 1. The Bertz CT molecular complexity index is 872. The minimum atomic E-state index is -0.662.